The molecule has 0 saturated carbocycles. The van der Waals surface area contributed by atoms with Gasteiger partial charge in [0.05, 0.1) is 0 Å². The molecule has 0 radical (unpaired) electrons. The SMILES string of the molecule is Cc1[nH]nc(C(=O)N2CCc3ccccc3C2)c1C. The Balaban J connectivity index is 1.85. The summed E-state index contributed by atoms with van der Waals surface area (Å²) in [7, 11) is 0. The number of carbonyl (C=O) groups excluding carboxylic acids is 1. The third-order valence-corrected chi connectivity index (χ3v) is 3.87. The average Bonchev–Trinajstić information content (AvgIpc) is 2.78. The maximum absolute atomic E-state index is 12.5. The molecular formula is C15H17N3O. The molecule has 98 valence electrons. The van der Waals surface area contributed by atoms with E-state index in [1.807, 2.05) is 24.8 Å². The van der Waals surface area contributed by atoms with Gasteiger partial charge >= 0.3 is 0 Å². The number of carbonyl (C=O) groups is 1. The first-order chi connectivity index (χ1) is 9.16. The summed E-state index contributed by atoms with van der Waals surface area (Å²) in [5, 5.41) is 7.01. The summed E-state index contributed by atoms with van der Waals surface area (Å²) in [6, 6.07) is 8.31. The molecule has 0 atom stereocenters. The van der Waals surface area contributed by atoms with E-state index in [4.69, 9.17) is 0 Å². The van der Waals surface area contributed by atoms with Crippen LogP contribution in [-0.4, -0.2) is 27.5 Å². The third kappa shape index (κ3) is 2.03. The van der Waals surface area contributed by atoms with E-state index in [1.54, 1.807) is 0 Å². The molecule has 3 rings (SSSR count). The van der Waals surface area contributed by atoms with Gasteiger partial charge in [-0.2, -0.15) is 5.10 Å². The largest absolute Gasteiger partial charge is 0.333 e. The third-order valence-electron chi connectivity index (χ3n) is 3.87. The smallest absolute Gasteiger partial charge is 0.274 e. The van der Waals surface area contributed by atoms with Crippen molar-refractivity contribution in [1.29, 1.82) is 0 Å². The zero-order chi connectivity index (χ0) is 13.4. The number of H-pyrrole nitrogens is 1. The van der Waals surface area contributed by atoms with Crippen LogP contribution in [0.2, 0.25) is 0 Å². The first kappa shape index (κ1) is 12.0. The number of aryl methyl sites for hydroxylation is 1. The van der Waals surface area contributed by atoms with Gasteiger partial charge in [0, 0.05) is 24.3 Å². The van der Waals surface area contributed by atoms with Crippen molar-refractivity contribution in [3.8, 4) is 0 Å². The van der Waals surface area contributed by atoms with Crippen molar-refractivity contribution in [2.24, 2.45) is 0 Å². The van der Waals surface area contributed by atoms with Crippen molar-refractivity contribution < 1.29 is 4.79 Å². The van der Waals surface area contributed by atoms with E-state index in [9.17, 15) is 4.79 Å². The summed E-state index contributed by atoms with van der Waals surface area (Å²) < 4.78 is 0. The molecule has 0 saturated heterocycles. The van der Waals surface area contributed by atoms with Gasteiger partial charge in [-0.25, -0.2) is 0 Å². The lowest BCUT2D eigenvalue weighted by Gasteiger charge is -2.28. The Bertz CT molecular complexity index is 630. The molecule has 1 aliphatic rings. The van der Waals surface area contributed by atoms with Crippen LogP contribution in [0.15, 0.2) is 24.3 Å². The van der Waals surface area contributed by atoms with Crippen LogP contribution < -0.4 is 0 Å². The Morgan fingerprint density at radius 3 is 2.68 bits per heavy atom. The topological polar surface area (TPSA) is 49.0 Å². The lowest BCUT2D eigenvalue weighted by Crippen LogP contribution is -2.36. The molecule has 0 spiro atoms. The van der Waals surface area contributed by atoms with Crippen molar-refractivity contribution >= 4 is 5.91 Å². The highest BCUT2D eigenvalue weighted by Gasteiger charge is 2.24. The molecule has 1 aromatic heterocycles. The zero-order valence-electron chi connectivity index (χ0n) is 11.2. The van der Waals surface area contributed by atoms with Gasteiger partial charge in [-0.05, 0) is 31.4 Å². The minimum absolute atomic E-state index is 0.0244. The van der Waals surface area contributed by atoms with Gasteiger partial charge in [-0.1, -0.05) is 24.3 Å². The van der Waals surface area contributed by atoms with Crippen LogP contribution >= 0.6 is 0 Å². The summed E-state index contributed by atoms with van der Waals surface area (Å²) in [5.74, 6) is 0.0244. The molecule has 0 aliphatic carbocycles. The molecule has 19 heavy (non-hydrogen) atoms. The van der Waals surface area contributed by atoms with Gasteiger partial charge in [0.2, 0.25) is 0 Å². The van der Waals surface area contributed by atoms with E-state index in [0.29, 0.717) is 12.2 Å². The van der Waals surface area contributed by atoms with E-state index in [1.165, 1.54) is 11.1 Å². The van der Waals surface area contributed by atoms with E-state index in [2.05, 4.69) is 28.4 Å². The Labute approximate surface area is 112 Å². The molecule has 0 unspecified atom stereocenters. The Morgan fingerprint density at radius 1 is 1.26 bits per heavy atom. The second-order valence-electron chi connectivity index (χ2n) is 5.07. The molecular weight excluding hydrogens is 238 g/mol. The van der Waals surface area contributed by atoms with Crippen molar-refractivity contribution in [3.63, 3.8) is 0 Å². The van der Waals surface area contributed by atoms with Crippen LogP contribution in [0, 0.1) is 13.8 Å². The normalized spacial score (nSPS) is 14.3. The summed E-state index contributed by atoms with van der Waals surface area (Å²) in [4.78, 5) is 14.4. The number of nitrogens with one attached hydrogen (secondary N) is 1. The number of fused-ring (bicyclic) bond motifs is 1. The summed E-state index contributed by atoms with van der Waals surface area (Å²) in [6.45, 7) is 5.32. The van der Waals surface area contributed by atoms with Crippen molar-refractivity contribution in [1.82, 2.24) is 15.1 Å². The Morgan fingerprint density at radius 2 is 2.00 bits per heavy atom. The number of nitrogens with zero attached hydrogens (tertiary/aromatic N) is 2. The molecule has 1 N–H and O–H groups in total. The predicted molar refractivity (Wildman–Crippen MR) is 72.9 cm³/mol. The quantitative estimate of drug-likeness (QED) is 0.849. The fourth-order valence-electron chi connectivity index (χ4n) is 2.51. The van der Waals surface area contributed by atoms with Crippen molar-refractivity contribution in [2.75, 3.05) is 6.54 Å². The monoisotopic (exact) mass is 255 g/mol. The number of aromatic amines is 1. The van der Waals surface area contributed by atoms with Crippen LogP contribution in [0.1, 0.15) is 32.9 Å². The van der Waals surface area contributed by atoms with Crippen molar-refractivity contribution in [3.05, 3.63) is 52.3 Å². The molecule has 2 heterocycles. The average molecular weight is 255 g/mol. The van der Waals surface area contributed by atoms with Gasteiger partial charge in [-0.3, -0.25) is 9.89 Å². The minimum Gasteiger partial charge on any atom is -0.333 e. The summed E-state index contributed by atoms with van der Waals surface area (Å²) in [5.41, 5.74) is 5.05. The molecule has 0 bridgehead atoms. The number of hydrogen-bond donors (Lipinski definition) is 1. The van der Waals surface area contributed by atoms with Gasteiger partial charge in [-0.15, -0.1) is 0 Å². The first-order valence-electron chi connectivity index (χ1n) is 6.54. The van der Waals surface area contributed by atoms with E-state index < -0.39 is 0 Å². The van der Waals surface area contributed by atoms with E-state index in [0.717, 1.165) is 24.2 Å². The highest BCUT2D eigenvalue weighted by molar-refractivity contribution is 5.94. The minimum atomic E-state index is 0.0244. The van der Waals surface area contributed by atoms with E-state index >= 15 is 0 Å². The van der Waals surface area contributed by atoms with Crippen LogP contribution in [0.25, 0.3) is 0 Å². The van der Waals surface area contributed by atoms with Crippen LogP contribution in [0.4, 0.5) is 0 Å². The zero-order valence-corrected chi connectivity index (χ0v) is 11.2. The Hall–Kier alpha value is -2.10. The summed E-state index contributed by atoms with van der Waals surface area (Å²) in [6.07, 6.45) is 0.921. The van der Waals surface area contributed by atoms with Gasteiger partial charge in [0.25, 0.3) is 5.91 Å². The molecule has 4 heteroatoms. The molecule has 1 aromatic carbocycles. The fraction of sp³-hybridized carbons (Fsp3) is 0.333. The molecule has 1 aliphatic heterocycles. The van der Waals surface area contributed by atoms with Crippen LogP contribution in [0.5, 0.6) is 0 Å². The molecule has 2 aromatic rings. The van der Waals surface area contributed by atoms with Gasteiger partial charge in [0.15, 0.2) is 5.69 Å². The second-order valence-corrected chi connectivity index (χ2v) is 5.07. The van der Waals surface area contributed by atoms with Crippen LogP contribution in [-0.2, 0) is 13.0 Å². The predicted octanol–water partition coefficient (Wildman–Crippen LogP) is 2.23. The second kappa shape index (κ2) is 4.53. The van der Waals surface area contributed by atoms with Gasteiger partial charge in [0.1, 0.15) is 0 Å². The Kier molecular flexibility index (Phi) is 2.85. The highest BCUT2D eigenvalue weighted by Crippen LogP contribution is 2.21. The number of hydrogen-bond acceptors (Lipinski definition) is 2. The number of amides is 1. The summed E-state index contributed by atoms with van der Waals surface area (Å²) >= 11 is 0. The maximum atomic E-state index is 12.5. The number of rotatable bonds is 1. The highest BCUT2D eigenvalue weighted by atomic mass is 16.2. The van der Waals surface area contributed by atoms with Crippen molar-refractivity contribution in [2.45, 2.75) is 26.8 Å². The molecule has 4 nitrogen and oxygen atoms in total. The standard InChI is InChI=1S/C15H17N3O/c1-10-11(2)16-17-14(10)15(19)18-8-7-12-5-3-4-6-13(12)9-18/h3-6H,7-9H2,1-2H3,(H,16,17). The lowest BCUT2D eigenvalue weighted by molar-refractivity contribution is 0.0728. The fourth-order valence-corrected chi connectivity index (χ4v) is 2.51. The lowest BCUT2D eigenvalue weighted by atomic mass is 9.99. The molecule has 1 amide bonds. The number of benzene rings is 1. The maximum Gasteiger partial charge on any atom is 0.274 e. The first-order valence-corrected chi connectivity index (χ1v) is 6.54. The number of aromatic nitrogens is 2. The van der Waals surface area contributed by atoms with Crippen LogP contribution in [0.3, 0.4) is 0 Å². The van der Waals surface area contributed by atoms with Gasteiger partial charge < -0.3 is 4.90 Å². The molecule has 0 fully saturated rings. The van der Waals surface area contributed by atoms with E-state index in [-0.39, 0.29) is 5.91 Å².